The summed E-state index contributed by atoms with van der Waals surface area (Å²) in [5.41, 5.74) is 3.25. The fourth-order valence-electron chi connectivity index (χ4n) is 3.61. The van der Waals surface area contributed by atoms with Crippen LogP contribution in [0.1, 0.15) is 23.7 Å². The van der Waals surface area contributed by atoms with Crippen molar-refractivity contribution in [1.82, 2.24) is 9.36 Å². The van der Waals surface area contributed by atoms with Crippen molar-refractivity contribution in [2.24, 2.45) is 7.05 Å². The molecule has 0 aliphatic rings. The van der Waals surface area contributed by atoms with Crippen molar-refractivity contribution in [3.8, 4) is 5.69 Å². The molecule has 1 atom stereocenters. The molecule has 0 bridgehead atoms. The number of sulfonamides is 1. The molecule has 0 spiro atoms. The molecule has 9 heteroatoms. The first-order valence-electron chi connectivity index (χ1n) is 10.1. The number of aryl methyl sites for hydroxylation is 2. The van der Waals surface area contributed by atoms with E-state index >= 15 is 0 Å². The van der Waals surface area contributed by atoms with E-state index < -0.39 is 27.5 Å². The van der Waals surface area contributed by atoms with E-state index in [0.29, 0.717) is 17.1 Å². The van der Waals surface area contributed by atoms with Crippen LogP contribution in [0.15, 0.2) is 53.3 Å². The van der Waals surface area contributed by atoms with Gasteiger partial charge >= 0.3 is 0 Å². The minimum atomic E-state index is -3.77. The number of rotatable bonds is 6. The molecular formula is C23H28N4O4S. The number of carbonyl (C=O) groups excluding carboxylic acids is 1. The third kappa shape index (κ3) is 4.34. The molecule has 1 aromatic heterocycles. The zero-order valence-corrected chi connectivity index (χ0v) is 19.9. The summed E-state index contributed by atoms with van der Waals surface area (Å²) < 4.78 is 29.3. The summed E-state index contributed by atoms with van der Waals surface area (Å²) in [6.07, 6.45) is 1.06. The molecule has 1 amide bonds. The van der Waals surface area contributed by atoms with E-state index in [4.69, 9.17) is 0 Å². The van der Waals surface area contributed by atoms with Crippen molar-refractivity contribution in [1.29, 1.82) is 0 Å². The van der Waals surface area contributed by atoms with Crippen molar-refractivity contribution in [3.63, 3.8) is 0 Å². The molecule has 1 heterocycles. The van der Waals surface area contributed by atoms with Crippen LogP contribution in [0.4, 0.5) is 11.4 Å². The number of aromatic nitrogens is 2. The zero-order chi connectivity index (χ0) is 23.8. The van der Waals surface area contributed by atoms with Gasteiger partial charge in [0.25, 0.3) is 5.56 Å². The summed E-state index contributed by atoms with van der Waals surface area (Å²) in [5.74, 6) is -0.598. The van der Waals surface area contributed by atoms with Gasteiger partial charge in [0.05, 0.1) is 23.3 Å². The quantitative estimate of drug-likeness (QED) is 0.617. The van der Waals surface area contributed by atoms with Gasteiger partial charge in [-0.2, -0.15) is 0 Å². The number of hydrogen-bond donors (Lipinski definition) is 1. The number of carbonyl (C=O) groups is 1. The number of anilines is 2. The van der Waals surface area contributed by atoms with Gasteiger partial charge in [0, 0.05) is 7.05 Å². The second-order valence-electron chi connectivity index (χ2n) is 7.93. The Morgan fingerprint density at radius 3 is 2.22 bits per heavy atom. The topological polar surface area (TPSA) is 93.4 Å². The number of para-hydroxylation sites is 1. The Bertz CT molecular complexity index is 1320. The highest BCUT2D eigenvalue weighted by molar-refractivity contribution is 7.92. The van der Waals surface area contributed by atoms with Gasteiger partial charge in [-0.1, -0.05) is 24.3 Å². The summed E-state index contributed by atoms with van der Waals surface area (Å²) in [6.45, 7) is 7.03. The molecule has 2 aromatic carbocycles. The predicted molar refractivity (Wildman–Crippen MR) is 127 cm³/mol. The highest BCUT2D eigenvalue weighted by Crippen LogP contribution is 2.24. The van der Waals surface area contributed by atoms with Gasteiger partial charge in [-0.15, -0.1) is 0 Å². The minimum Gasteiger partial charge on any atom is -0.318 e. The van der Waals surface area contributed by atoms with Gasteiger partial charge in [-0.25, -0.2) is 13.1 Å². The maximum atomic E-state index is 13.1. The van der Waals surface area contributed by atoms with Gasteiger partial charge in [0.15, 0.2) is 0 Å². The van der Waals surface area contributed by atoms with Gasteiger partial charge in [0.2, 0.25) is 15.9 Å². The molecule has 8 nitrogen and oxygen atoms in total. The first kappa shape index (κ1) is 23.3. The van der Waals surface area contributed by atoms with E-state index in [1.807, 2.05) is 38.1 Å². The van der Waals surface area contributed by atoms with E-state index in [1.54, 1.807) is 42.9 Å². The van der Waals surface area contributed by atoms with E-state index in [0.717, 1.165) is 21.7 Å². The van der Waals surface area contributed by atoms with Gasteiger partial charge in [-0.05, 0) is 63.1 Å². The number of hydrogen-bond acceptors (Lipinski definition) is 4. The Morgan fingerprint density at radius 2 is 1.66 bits per heavy atom. The van der Waals surface area contributed by atoms with Crippen LogP contribution in [-0.4, -0.2) is 36.0 Å². The van der Waals surface area contributed by atoms with E-state index in [9.17, 15) is 18.0 Å². The summed E-state index contributed by atoms with van der Waals surface area (Å²) in [6, 6.07) is 13.2. The molecule has 3 aromatic rings. The highest BCUT2D eigenvalue weighted by atomic mass is 32.2. The molecule has 0 unspecified atom stereocenters. The lowest BCUT2D eigenvalue weighted by atomic mass is 10.1. The number of benzene rings is 2. The molecule has 170 valence electrons. The molecule has 1 N–H and O–H groups in total. The van der Waals surface area contributed by atoms with E-state index in [1.165, 1.54) is 11.6 Å². The van der Waals surface area contributed by atoms with E-state index in [2.05, 4.69) is 5.32 Å². The second-order valence-corrected chi connectivity index (χ2v) is 9.79. The molecule has 0 aliphatic heterocycles. The molecule has 0 radical (unpaired) electrons. The lowest BCUT2D eigenvalue weighted by molar-refractivity contribution is -0.116. The molecule has 32 heavy (non-hydrogen) atoms. The maximum Gasteiger partial charge on any atom is 0.295 e. The van der Waals surface area contributed by atoms with Crippen molar-refractivity contribution in [3.05, 3.63) is 75.7 Å². The summed E-state index contributed by atoms with van der Waals surface area (Å²) in [4.78, 5) is 26.2. The summed E-state index contributed by atoms with van der Waals surface area (Å²) >= 11 is 0. The van der Waals surface area contributed by atoms with Crippen LogP contribution in [0.3, 0.4) is 0 Å². The Hall–Kier alpha value is -3.33. The maximum absolute atomic E-state index is 13.1. The Balaban J connectivity index is 1.99. The van der Waals surface area contributed by atoms with Crippen molar-refractivity contribution in [2.45, 2.75) is 33.7 Å². The molecule has 3 rings (SSSR count). The van der Waals surface area contributed by atoms with Crippen LogP contribution < -0.4 is 15.2 Å². The van der Waals surface area contributed by atoms with E-state index in [-0.39, 0.29) is 5.69 Å². The van der Waals surface area contributed by atoms with Gasteiger partial charge < -0.3 is 5.32 Å². The third-order valence-corrected chi connectivity index (χ3v) is 6.88. The molecule has 0 aliphatic carbocycles. The molecule has 0 saturated heterocycles. The lowest BCUT2D eigenvalue weighted by Crippen LogP contribution is -2.46. The third-order valence-electron chi connectivity index (χ3n) is 5.64. The average Bonchev–Trinajstić information content (AvgIpc) is 2.93. The molecule has 0 saturated carbocycles. The minimum absolute atomic E-state index is 0.113. The first-order valence-corrected chi connectivity index (χ1v) is 12.0. The highest BCUT2D eigenvalue weighted by Gasteiger charge is 2.31. The van der Waals surface area contributed by atoms with Gasteiger partial charge in [0.1, 0.15) is 11.7 Å². The fourth-order valence-corrected chi connectivity index (χ4v) is 4.78. The van der Waals surface area contributed by atoms with Gasteiger partial charge in [-0.3, -0.25) is 18.6 Å². The van der Waals surface area contributed by atoms with Crippen LogP contribution in [0.2, 0.25) is 0 Å². The number of nitrogens with one attached hydrogen (secondary N) is 1. The van der Waals surface area contributed by atoms with Crippen LogP contribution in [0.5, 0.6) is 0 Å². The summed E-state index contributed by atoms with van der Waals surface area (Å²) in [7, 11) is -2.04. The predicted octanol–water partition coefficient (Wildman–Crippen LogP) is 2.89. The molecular weight excluding hydrogens is 428 g/mol. The summed E-state index contributed by atoms with van der Waals surface area (Å²) in [5, 5.41) is 2.66. The van der Waals surface area contributed by atoms with Crippen LogP contribution in [-0.2, 0) is 21.9 Å². The second kappa shape index (κ2) is 8.66. The Labute approximate surface area is 188 Å². The van der Waals surface area contributed by atoms with Crippen molar-refractivity contribution < 1.29 is 13.2 Å². The smallest absolute Gasteiger partial charge is 0.295 e. The fraction of sp³-hybridized carbons (Fsp3) is 0.304. The number of amides is 1. The largest absolute Gasteiger partial charge is 0.318 e. The van der Waals surface area contributed by atoms with Crippen LogP contribution >= 0.6 is 0 Å². The number of nitrogens with zero attached hydrogens (tertiary/aromatic N) is 3. The first-order chi connectivity index (χ1) is 14.9. The Kier molecular flexibility index (Phi) is 6.32. The standard InChI is InChI=1S/C23H28N4O4S/c1-15-12-13-20(14-16(15)2)27(32(6,30)31)18(4)22(28)24-21-17(3)25(5)26(23(21)29)19-10-8-7-9-11-19/h7-14,18H,1-6H3,(H,24,28)/t18-/m0/s1. The van der Waals surface area contributed by atoms with Crippen molar-refractivity contribution >= 4 is 27.3 Å². The monoisotopic (exact) mass is 456 g/mol. The SMILES string of the molecule is Cc1ccc(N([C@@H](C)C(=O)Nc2c(C)n(C)n(-c3ccccc3)c2=O)S(C)(=O)=O)cc1C. The van der Waals surface area contributed by atoms with Crippen molar-refractivity contribution in [2.75, 3.05) is 15.9 Å². The normalized spacial score (nSPS) is 12.4. The molecule has 0 fully saturated rings. The average molecular weight is 457 g/mol. The Morgan fingerprint density at radius 1 is 1.03 bits per heavy atom. The van der Waals surface area contributed by atoms with Crippen LogP contribution in [0.25, 0.3) is 5.69 Å². The lowest BCUT2D eigenvalue weighted by Gasteiger charge is -2.28. The zero-order valence-electron chi connectivity index (χ0n) is 19.1. The van der Waals surface area contributed by atoms with Crippen LogP contribution in [0, 0.1) is 20.8 Å².